The van der Waals surface area contributed by atoms with Crippen LogP contribution in [0.5, 0.6) is 0 Å². The second kappa shape index (κ2) is 5.46. The van der Waals surface area contributed by atoms with Gasteiger partial charge in [0.15, 0.2) is 0 Å². The van der Waals surface area contributed by atoms with Crippen LogP contribution in [0.15, 0.2) is 18.5 Å². The van der Waals surface area contributed by atoms with Crippen LogP contribution in [0.3, 0.4) is 0 Å². The summed E-state index contributed by atoms with van der Waals surface area (Å²) in [7, 11) is 0. The number of aromatic nitrogens is 2. The lowest BCUT2D eigenvalue weighted by Crippen LogP contribution is -2.14. The largest absolute Gasteiger partial charge is 0.419 e. The van der Waals surface area contributed by atoms with Gasteiger partial charge in [-0.15, -0.1) is 11.3 Å². The Hall–Kier alpha value is -1.34. The van der Waals surface area contributed by atoms with Gasteiger partial charge in [-0.1, -0.05) is 0 Å². The van der Waals surface area contributed by atoms with Crippen LogP contribution in [0.4, 0.5) is 13.2 Å². The molecule has 1 fully saturated rings. The van der Waals surface area contributed by atoms with E-state index in [0.717, 1.165) is 29.4 Å². The first kappa shape index (κ1) is 14.6. The maximum atomic E-state index is 12.5. The van der Waals surface area contributed by atoms with Crippen molar-refractivity contribution in [1.82, 2.24) is 15.1 Å². The summed E-state index contributed by atoms with van der Waals surface area (Å²) >= 11 is 1.69. The van der Waals surface area contributed by atoms with E-state index in [2.05, 4.69) is 16.5 Å². The molecule has 0 unspecified atom stereocenters. The van der Waals surface area contributed by atoms with Crippen LogP contribution in [0.1, 0.15) is 33.7 Å². The summed E-state index contributed by atoms with van der Waals surface area (Å²) < 4.78 is 39.0. The number of nitrogens with one attached hydrogen (secondary N) is 1. The Morgan fingerprint density at radius 2 is 2.19 bits per heavy atom. The molecule has 1 N–H and O–H groups in total. The van der Waals surface area contributed by atoms with E-state index in [1.54, 1.807) is 11.3 Å². The summed E-state index contributed by atoms with van der Waals surface area (Å²) in [4.78, 5) is 2.35. The standard InChI is InChI=1S/C14H16F3N3S/c1-9-10(4-13(21-9)6-18-12-2-3-12)7-20-8-11(5-19-20)14(15,16)17/h4-5,8,12,18H,2-3,6-7H2,1H3. The smallest absolute Gasteiger partial charge is 0.309 e. The molecule has 0 bridgehead atoms. The average Bonchev–Trinajstić information content (AvgIpc) is 2.99. The minimum absolute atomic E-state index is 0.377. The second-order valence-corrected chi connectivity index (χ2v) is 6.71. The summed E-state index contributed by atoms with van der Waals surface area (Å²) in [6.45, 7) is 3.21. The summed E-state index contributed by atoms with van der Waals surface area (Å²) in [5.41, 5.74) is 0.329. The van der Waals surface area contributed by atoms with E-state index in [0.29, 0.717) is 12.6 Å². The summed E-state index contributed by atoms with van der Waals surface area (Å²) in [6, 6.07) is 2.71. The van der Waals surface area contributed by atoms with Crippen LogP contribution in [-0.2, 0) is 19.3 Å². The second-order valence-electron chi connectivity index (χ2n) is 5.37. The molecule has 1 aliphatic carbocycles. The van der Waals surface area contributed by atoms with Crippen molar-refractivity contribution in [2.45, 2.75) is 45.1 Å². The molecule has 21 heavy (non-hydrogen) atoms. The van der Waals surface area contributed by atoms with Crippen LogP contribution in [0.2, 0.25) is 0 Å². The summed E-state index contributed by atoms with van der Waals surface area (Å²) in [6.07, 6.45) is 0.0766. The molecule has 3 nitrogen and oxygen atoms in total. The van der Waals surface area contributed by atoms with Crippen molar-refractivity contribution >= 4 is 11.3 Å². The van der Waals surface area contributed by atoms with Gasteiger partial charge in [0.1, 0.15) is 0 Å². The number of nitrogens with zero attached hydrogens (tertiary/aromatic N) is 2. The van der Waals surface area contributed by atoms with Gasteiger partial charge in [-0.05, 0) is 31.4 Å². The average molecular weight is 315 g/mol. The highest BCUT2D eigenvalue weighted by Crippen LogP contribution is 2.29. The molecule has 0 aromatic carbocycles. The number of aryl methyl sites for hydroxylation is 1. The molecule has 7 heteroatoms. The van der Waals surface area contributed by atoms with E-state index in [9.17, 15) is 13.2 Å². The lowest BCUT2D eigenvalue weighted by Gasteiger charge is -2.02. The van der Waals surface area contributed by atoms with Crippen LogP contribution in [-0.4, -0.2) is 15.8 Å². The van der Waals surface area contributed by atoms with E-state index in [-0.39, 0.29) is 0 Å². The zero-order chi connectivity index (χ0) is 15.0. The molecule has 0 aliphatic heterocycles. The quantitative estimate of drug-likeness (QED) is 0.914. The van der Waals surface area contributed by atoms with Gasteiger partial charge in [-0.25, -0.2) is 0 Å². The van der Waals surface area contributed by atoms with Gasteiger partial charge < -0.3 is 5.32 Å². The van der Waals surface area contributed by atoms with Crippen molar-refractivity contribution < 1.29 is 13.2 Å². The van der Waals surface area contributed by atoms with Crippen molar-refractivity contribution in [2.75, 3.05) is 0 Å². The van der Waals surface area contributed by atoms with Crippen LogP contribution < -0.4 is 5.32 Å². The highest BCUT2D eigenvalue weighted by atomic mass is 32.1. The molecule has 0 radical (unpaired) electrons. The Kier molecular flexibility index (Phi) is 3.79. The van der Waals surface area contributed by atoms with E-state index in [1.165, 1.54) is 22.4 Å². The number of alkyl halides is 3. The molecule has 0 atom stereocenters. The van der Waals surface area contributed by atoms with Crippen LogP contribution in [0.25, 0.3) is 0 Å². The zero-order valence-electron chi connectivity index (χ0n) is 11.6. The number of hydrogen-bond donors (Lipinski definition) is 1. The fraction of sp³-hybridized carbons (Fsp3) is 0.500. The molecular weight excluding hydrogens is 299 g/mol. The highest BCUT2D eigenvalue weighted by molar-refractivity contribution is 7.12. The Balaban J connectivity index is 1.67. The fourth-order valence-corrected chi connectivity index (χ4v) is 3.14. The molecule has 114 valence electrons. The normalized spacial score (nSPS) is 15.6. The molecule has 2 aromatic heterocycles. The lowest BCUT2D eigenvalue weighted by molar-refractivity contribution is -0.137. The molecule has 0 spiro atoms. The number of rotatable bonds is 5. The Morgan fingerprint density at radius 3 is 2.81 bits per heavy atom. The minimum atomic E-state index is -4.33. The zero-order valence-corrected chi connectivity index (χ0v) is 12.4. The topological polar surface area (TPSA) is 29.9 Å². The Morgan fingerprint density at radius 1 is 1.43 bits per heavy atom. The maximum absolute atomic E-state index is 12.5. The first-order valence-electron chi connectivity index (χ1n) is 6.83. The minimum Gasteiger partial charge on any atom is -0.309 e. The predicted octanol–water partition coefficient (Wildman–Crippen LogP) is 3.57. The van der Waals surface area contributed by atoms with Gasteiger partial charge in [0, 0.05) is 28.5 Å². The number of hydrogen-bond acceptors (Lipinski definition) is 3. The van der Waals surface area contributed by atoms with Crippen LogP contribution in [0, 0.1) is 6.92 Å². The number of halogens is 3. The fourth-order valence-electron chi connectivity index (χ4n) is 2.14. The van der Waals surface area contributed by atoms with Gasteiger partial charge in [0.25, 0.3) is 0 Å². The third-order valence-electron chi connectivity index (χ3n) is 3.51. The van der Waals surface area contributed by atoms with Crippen molar-refractivity contribution in [2.24, 2.45) is 0 Å². The highest BCUT2D eigenvalue weighted by Gasteiger charge is 2.32. The first-order chi connectivity index (χ1) is 9.91. The summed E-state index contributed by atoms with van der Waals surface area (Å²) in [5.74, 6) is 0. The van der Waals surface area contributed by atoms with Gasteiger partial charge in [-0.3, -0.25) is 4.68 Å². The molecule has 0 saturated heterocycles. The third kappa shape index (κ3) is 3.65. The molecule has 2 heterocycles. The van der Waals surface area contributed by atoms with Gasteiger partial charge in [0.2, 0.25) is 0 Å². The van der Waals surface area contributed by atoms with E-state index >= 15 is 0 Å². The third-order valence-corrected chi connectivity index (χ3v) is 4.60. The molecule has 1 aliphatic rings. The molecular formula is C14H16F3N3S. The van der Waals surface area contributed by atoms with Gasteiger partial charge in [-0.2, -0.15) is 18.3 Å². The first-order valence-corrected chi connectivity index (χ1v) is 7.64. The molecule has 1 saturated carbocycles. The predicted molar refractivity (Wildman–Crippen MR) is 75.2 cm³/mol. The van der Waals surface area contributed by atoms with E-state index < -0.39 is 11.7 Å². The van der Waals surface area contributed by atoms with E-state index in [4.69, 9.17) is 0 Å². The Labute approximate surface area is 124 Å². The maximum Gasteiger partial charge on any atom is 0.419 e. The van der Waals surface area contributed by atoms with Crippen molar-refractivity contribution in [3.63, 3.8) is 0 Å². The van der Waals surface area contributed by atoms with Gasteiger partial charge >= 0.3 is 6.18 Å². The molecule has 3 rings (SSSR count). The Bertz CT molecular complexity index is 626. The monoisotopic (exact) mass is 315 g/mol. The van der Waals surface area contributed by atoms with Crippen LogP contribution >= 0.6 is 11.3 Å². The SMILES string of the molecule is Cc1sc(CNC2CC2)cc1Cn1cc(C(F)(F)F)cn1. The van der Waals surface area contributed by atoms with Crippen molar-refractivity contribution in [1.29, 1.82) is 0 Å². The molecule has 0 amide bonds. The van der Waals surface area contributed by atoms with Gasteiger partial charge in [0.05, 0.1) is 18.3 Å². The van der Waals surface area contributed by atoms with Crippen molar-refractivity contribution in [3.05, 3.63) is 39.3 Å². The van der Waals surface area contributed by atoms with E-state index in [1.807, 2.05) is 6.92 Å². The lowest BCUT2D eigenvalue weighted by atomic mass is 10.2. The molecule has 2 aromatic rings. The van der Waals surface area contributed by atoms with Crippen molar-refractivity contribution in [3.8, 4) is 0 Å². The summed E-state index contributed by atoms with van der Waals surface area (Å²) in [5, 5.41) is 7.24. The number of thiophene rings is 1.